The van der Waals surface area contributed by atoms with Crippen LogP contribution >= 0.6 is 0 Å². The predicted molar refractivity (Wildman–Crippen MR) is 119 cm³/mol. The SMILES string of the molecule is COc1nc(N2CCOCC2)ccc1-c1nc2cc(O[C@@H]3COC4[C@H](O)CO[C@@H]43)[nH]c2cc1F. The number of nitrogens with one attached hydrogen (secondary N) is 1. The number of hydrogen-bond acceptors (Lipinski definition) is 9. The van der Waals surface area contributed by atoms with Crippen molar-refractivity contribution < 1.29 is 33.2 Å². The quantitative estimate of drug-likeness (QED) is 0.571. The maximum atomic E-state index is 15.1. The molecule has 2 N–H and O–H groups in total. The van der Waals surface area contributed by atoms with Crippen LogP contribution in [-0.4, -0.2) is 91.1 Å². The summed E-state index contributed by atoms with van der Waals surface area (Å²) in [4.78, 5) is 14.3. The van der Waals surface area contributed by atoms with Crippen LogP contribution in [0.1, 0.15) is 0 Å². The van der Waals surface area contributed by atoms with Gasteiger partial charge in [0.15, 0.2) is 17.8 Å². The minimum atomic E-state index is -0.655. The van der Waals surface area contributed by atoms with Gasteiger partial charge in [-0.1, -0.05) is 0 Å². The van der Waals surface area contributed by atoms with E-state index in [1.165, 1.54) is 13.2 Å². The highest BCUT2D eigenvalue weighted by atomic mass is 19.1. The largest absolute Gasteiger partial charge is 0.480 e. The van der Waals surface area contributed by atoms with Gasteiger partial charge in [-0.05, 0) is 12.1 Å². The van der Waals surface area contributed by atoms with Crippen LogP contribution in [0.15, 0.2) is 24.3 Å². The van der Waals surface area contributed by atoms with Gasteiger partial charge in [-0.15, -0.1) is 0 Å². The first-order valence-electron chi connectivity index (χ1n) is 11.3. The van der Waals surface area contributed by atoms with Gasteiger partial charge in [-0.25, -0.2) is 9.37 Å². The van der Waals surface area contributed by atoms with Crippen molar-refractivity contribution in [3.05, 3.63) is 30.1 Å². The summed E-state index contributed by atoms with van der Waals surface area (Å²) in [6.45, 7) is 3.26. The van der Waals surface area contributed by atoms with Gasteiger partial charge in [0.25, 0.3) is 0 Å². The van der Waals surface area contributed by atoms with E-state index in [9.17, 15) is 5.11 Å². The number of pyridine rings is 2. The molecule has 3 aliphatic heterocycles. The number of ether oxygens (including phenoxy) is 5. The molecule has 3 aromatic rings. The van der Waals surface area contributed by atoms with Crippen molar-refractivity contribution in [2.24, 2.45) is 0 Å². The predicted octanol–water partition coefficient (Wildman–Crippen LogP) is 1.52. The Labute approximate surface area is 194 Å². The van der Waals surface area contributed by atoms with Gasteiger partial charge in [-0.2, -0.15) is 4.98 Å². The molecular weight excluding hydrogens is 447 g/mol. The number of anilines is 1. The van der Waals surface area contributed by atoms with E-state index >= 15 is 4.39 Å². The fraction of sp³-hybridized carbons (Fsp3) is 0.478. The maximum absolute atomic E-state index is 15.1. The summed E-state index contributed by atoms with van der Waals surface area (Å²) >= 11 is 0. The molecule has 4 atom stereocenters. The summed E-state index contributed by atoms with van der Waals surface area (Å²) in [5.41, 5.74) is 1.63. The normalized spacial score (nSPS) is 26.7. The van der Waals surface area contributed by atoms with Gasteiger partial charge in [0.05, 0.1) is 50.1 Å². The van der Waals surface area contributed by atoms with Crippen LogP contribution in [-0.2, 0) is 14.2 Å². The molecule has 3 fully saturated rings. The number of nitrogens with zero attached hydrogens (tertiary/aromatic N) is 3. The molecule has 0 amide bonds. The van der Waals surface area contributed by atoms with E-state index in [4.69, 9.17) is 23.7 Å². The molecule has 0 aliphatic carbocycles. The Hall–Kier alpha value is -2.99. The first-order chi connectivity index (χ1) is 16.6. The van der Waals surface area contributed by atoms with Crippen LogP contribution in [0, 0.1) is 5.82 Å². The minimum Gasteiger partial charge on any atom is -0.480 e. The summed E-state index contributed by atoms with van der Waals surface area (Å²) in [6.07, 6.45) is -1.77. The van der Waals surface area contributed by atoms with Gasteiger partial charge in [0.1, 0.15) is 29.8 Å². The molecule has 6 heterocycles. The van der Waals surface area contributed by atoms with Crippen molar-refractivity contribution >= 4 is 16.9 Å². The molecule has 6 rings (SSSR count). The standard InChI is InChI=1S/C23H25FN4O6/c1-30-23-12(2-3-18(27-23)28-4-6-31-7-5-28)20-13(24)8-14-15(26-20)9-19(25-14)34-17-11-33-21-16(29)10-32-22(17)21/h2-3,8-9,16-17,21-22,25,29H,4-7,10-11H2,1H3/t16-,17-,21?,22-/m1/s1. The number of morpholine rings is 1. The van der Waals surface area contributed by atoms with Crippen molar-refractivity contribution in [3.8, 4) is 23.0 Å². The molecule has 10 nitrogen and oxygen atoms in total. The Morgan fingerprint density at radius 2 is 1.94 bits per heavy atom. The van der Waals surface area contributed by atoms with E-state index in [0.717, 1.165) is 18.9 Å². The number of rotatable bonds is 5. The van der Waals surface area contributed by atoms with Crippen molar-refractivity contribution in [1.82, 2.24) is 15.0 Å². The first kappa shape index (κ1) is 21.5. The number of aliphatic hydroxyl groups excluding tert-OH is 1. The highest BCUT2D eigenvalue weighted by Gasteiger charge is 2.48. The van der Waals surface area contributed by atoms with Gasteiger partial charge < -0.3 is 38.7 Å². The van der Waals surface area contributed by atoms with Crippen molar-refractivity contribution in [2.45, 2.75) is 24.4 Å². The van der Waals surface area contributed by atoms with E-state index in [0.29, 0.717) is 48.2 Å². The lowest BCUT2D eigenvalue weighted by Crippen LogP contribution is -2.36. The van der Waals surface area contributed by atoms with Crippen molar-refractivity contribution in [3.63, 3.8) is 0 Å². The highest BCUT2D eigenvalue weighted by Crippen LogP contribution is 2.35. The summed E-state index contributed by atoms with van der Waals surface area (Å²) in [5.74, 6) is 0.963. The molecule has 3 aliphatic rings. The molecule has 0 saturated carbocycles. The maximum Gasteiger partial charge on any atom is 0.224 e. The average Bonchev–Trinajstić information content (AvgIpc) is 3.55. The molecule has 34 heavy (non-hydrogen) atoms. The Balaban J connectivity index is 1.28. The van der Waals surface area contributed by atoms with Crippen LogP contribution < -0.4 is 14.4 Å². The number of H-pyrrole nitrogens is 1. The van der Waals surface area contributed by atoms with E-state index in [1.54, 1.807) is 12.1 Å². The molecule has 0 radical (unpaired) electrons. The lowest BCUT2D eigenvalue weighted by Gasteiger charge is -2.28. The zero-order valence-electron chi connectivity index (χ0n) is 18.6. The minimum absolute atomic E-state index is 0.141. The summed E-state index contributed by atoms with van der Waals surface area (Å²) in [5, 5.41) is 9.91. The van der Waals surface area contributed by atoms with Crippen LogP contribution in [0.4, 0.5) is 10.2 Å². The number of hydrogen-bond donors (Lipinski definition) is 2. The topological polar surface area (TPSA) is 111 Å². The second-order valence-electron chi connectivity index (χ2n) is 8.53. The average molecular weight is 472 g/mol. The number of halogens is 1. The smallest absolute Gasteiger partial charge is 0.224 e. The Bertz CT molecular complexity index is 1200. The Kier molecular flexibility index (Phi) is 5.48. The van der Waals surface area contributed by atoms with Gasteiger partial charge in [-0.3, -0.25) is 0 Å². The van der Waals surface area contributed by atoms with E-state index in [-0.39, 0.29) is 24.5 Å². The molecule has 180 valence electrons. The zero-order valence-corrected chi connectivity index (χ0v) is 18.6. The fourth-order valence-corrected chi connectivity index (χ4v) is 4.70. The van der Waals surface area contributed by atoms with Crippen LogP contribution in [0.3, 0.4) is 0 Å². The van der Waals surface area contributed by atoms with Crippen molar-refractivity contribution in [2.75, 3.05) is 51.5 Å². The highest BCUT2D eigenvalue weighted by molar-refractivity contribution is 5.82. The molecule has 0 aromatic carbocycles. The molecule has 0 spiro atoms. The number of aromatic amines is 1. The zero-order chi connectivity index (χ0) is 23.2. The Morgan fingerprint density at radius 3 is 2.76 bits per heavy atom. The Morgan fingerprint density at radius 1 is 1.12 bits per heavy atom. The number of fused-ring (bicyclic) bond motifs is 2. The number of aliphatic hydroxyl groups is 1. The summed E-state index contributed by atoms with van der Waals surface area (Å²) in [7, 11) is 1.51. The third kappa shape index (κ3) is 3.74. The third-order valence-corrected chi connectivity index (χ3v) is 6.42. The van der Waals surface area contributed by atoms with Gasteiger partial charge in [0, 0.05) is 25.2 Å². The van der Waals surface area contributed by atoms with E-state index in [1.807, 2.05) is 6.07 Å². The number of aromatic nitrogens is 3. The summed E-state index contributed by atoms with van der Waals surface area (Å²) < 4.78 is 43.2. The first-order valence-corrected chi connectivity index (χ1v) is 11.3. The van der Waals surface area contributed by atoms with Crippen molar-refractivity contribution in [1.29, 1.82) is 0 Å². The molecule has 11 heteroatoms. The second-order valence-corrected chi connectivity index (χ2v) is 8.53. The fourth-order valence-electron chi connectivity index (χ4n) is 4.70. The molecule has 3 saturated heterocycles. The molecule has 3 aromatic heterocycles. The van der Waals surface area contributed by atoms with Crippen LogP contribution in [0.2, 0.25) is 0 Å². The third-order valence-electron chi connectivity index (χ3n) is 6.42. The monoisotopic (exact) mass is 472 g/mol. The van der Waals surface area contributed by atoms with E-state index in [2.05, 4.69) is 19.9 Å². The van der Waals surface area contributed by atoms with Gasteiger partial charge >= 0.3 is 0 Å². The summed E-state index contributed by atoms with van der Waals surface area (Å²) in [6, 6.07) is 6.70. The molecular formula is C23H25FN4O6. The van der Waals surface area contributed by atoms with Gasteiger partial charge in [0.2, 0.25) is 5.88 Å². The lowest BCUT2D eigenvalue weighted by atomic mass is 10.1. The second kappa shape index (κ2) is 8.66. The van der Waals surface area contributed by atoms with E-state index < -0.39 is 18.0 Å². The molecule has 1 unspecified atom stereocenters. The lowest BCUT2D eigenvalue weighted by molar-refractivity contribution is 0.00794. The van der Waals surface area contributed by atoms with Crippen LogP contribution in [0.5, 0.6) is 11.8 Å². The number of methoxy groups -OCH3 is 1. The molecule has 0 bridgehead atoms. The van der Waals surface area contributed by atoms with Crippen LogP contribution in [0.25, 0.3) is 22.3 Å².